The Balaban J connectivity index is 1.65. The van der Waals surface area contributed by atoms with Crippen molar-refractivity contribution in [2.24, 2.45) is 0 Å². The Labute approximate surface area is 198 Å². The summed E-state index contributed by atoms with van der Waals surface area (Å²) < 4.78 is 6.81. The van der Waals surface area contributed by atoms with Crippen LogP contribution in [0.4, 0.5) is 0 Å². The van der Waals surface area contributed by atoms with Gasteiger partial charge in [0.25, 0.3) is 5.91 Å². The van der Waals surface area contributed by atoms with Crippen molar-refractivity contribution in [3.63, 3.8) is 0 Å². The SMILES string of the molecule is CSc1ccc(C2c3c(oc4ccc(Br)cc4c3=O)C(=O)N2CCc2ccccc2)cc1. The van der Waals surface area contributed by atoms with E-state index in [1.807, 2.05) is 66.9 Å². The fraction of sp³-hybridized carbons (Fsp3) is 0.154. The van der Waals surface area contributed by atoms with Crippen LogP contribution in [-0.2, 0) is 6.42 Å². The summed E-state index contributed by atoms with van der Waals surface area (Å²) >= 11 is 5.09. The van der Waals surface area contributed by atoms with Crippen LogP contribution in [0.3, 0.4) is 0 Å². The Morgan fingerprint density at radius 1 is 1.00 bits per heavy atom. The molecule has 0 aliphatic carbocycles. The lowest BCUT2D eigenvalue weighted by atomic mass is 9.98. The smallest absolute Gasteiger partial charge is 0.290 e. The molecule has 0 spiro atoms. The van der Waals surface area contributed by atoms with Crippen LogP contribution in [0.5, 0.6) is 0 Å². The number of hydrogen-bond donors (Lipinski definition) is 0. The van der Waals surface area contributed by atoms with E-state index in [0.29, 0.717) is 29.5 Å². The van der Waals surface area contributed by atoms with Crippen LogP contribution in [0.1, 0.15) is 33.3 Å². The molecule has 32 heavy (non-hydrogen) atoms. The van der Waals surface area contributed by atoms with Crippen LogP contribution in [0.25, 0.3) is 11.0 Å². The molecule has 6 heteroatoms. The number of amides is 1. The molecule has 3 aromatic carbocycles. The zero-order valence-corrected chi connectivity index (χ0v) is 19.8. The molecule has 2 heterocycles. The fourth-order valence-corrected chi connectivity index (χ4v) is 5.02. The van der Waals surface area contributed by atoms with Gasteiger partial charge in [0, 0.05) is 15.9 Å². The highest BCUT2D eigenvalue weighted by atomic mass is 79.9. The number of thioether (sulfide) groups is 1. The average molecular weight is 506 g/mol. The van der Waals surface area contributed by atoms with Crippen molar-refractivity contribution in [1.29, 1.82) is 0 Å². The Morgan fingerprint density at radius 2 is 1.75 bits per heavy atom. The molecule has 1 unspecified atom stereocenters. The molecule has 0 radical (unpaired) electrons. The second-order valence-electron chi connectivity index (χ2n) is 7.72. The largest absolute Gasteiger partial charge is 0.450 e. The van der Waals surface area contributed by atoms with Gasteiger partial charge in [0.05, 0.1) is 17.0 Å². The van der Waals surface area contributed by atoms with E-state index < -0.39 is 6.04 Å². The summed E-state index contributed by atoms with van der Waals surface area (Å²) in [6, 6.07) is 22.9. The van der Waals surface area contributed by atoms with E-state index >= 15 is 0 Å². The molecule has 4 nitrogen and oxygen atoms in total. The van der Waals surface area contributed by atoms with E-state index in [4.69, 9.17) is 4.42 Å². The van der Waals surface area contributed by atoms with Gasteiger partial charge in [-0.1, -0.05) is 58.4 Å². The summed E-state index contributed by atoms with van der Waals surface area (Å²) in [6.07, 6.45) is 2.72. The van der Waals surface area contributed by atoms with Crippen LogP contribution in [-0.4, -0.2) is 23.6 Å². The predicted octanol–water partition coefficient (Wildman–Crippen LogP) is 6.07. The highest BCUT2D eigenvalue weighted by Crippen LogP contribution is 2.39. The highest BCUT2D eigenvalue weighted by Gasteiger charge is 2.42. The van der Waals surface area contributed by atoms with Crippen molar-refractivity contribution in [3.8, 4) is 0 Å². The second-order valence-corrected chi connectivity index (χ2v) is 9.52. The Bertz CT molecular complexity index is 1370. The molecule has 160 valence electrons. The van der Waals surface area contributed by atoms with E-state index in [1.165, 1.54) is 0 Å². The number of carbonyl (C=O) groups excluding carboxylic acids is 1. The van der Waals surface area contributed by atoms with Gasteiger partial charge in [-0.05, 0) is 54.1 Å². The van der Waals surface area contributed by atoms with Gasteiger partial charge in [0.15, 0.2) is 5.43 Å². The summed E-state index contributed by atoms with van der Waals surface area (Å²) in [5.74, 6) is -0.0892. The summed E-state index contributed by atoms with van der Waals surface area (Å²) in [6.45, 7) is 0.488. The first-order chi connectivity index (χ1) is 15.6. The molecule has 0 saturated heterocycles. The third-order valence-electron chi connectivity index (χ3n) is 5.84. The van der Waals surface area contributed by atoms with Crippen LogP contribution in [0.15, 0.2) is 91.4 Å². The van der Waals surface area contributed by atoms with Crippen molar-refractivity contribution in [3.05, 3.63) is 110 Å². The first kappa shape index (κ1) is 21.0. The number of nitrogens with zero attached hydrogens (tertiary/aromatic N) is 1. The Hall–Kier alpha value is -2.83. The summed E-state index contributed by atoms with van der Waals surface area (Å²) in [5, 5.41) is 0.474. The molecule has 1 aliphatic rings. The number of carbonyl (C=O) groups is 1. The molecule has 0 fully saturated rings. The van der Waals surface area contributed by atoms with Gasteiger partial charge < -0.3 is 9.32 Å². The highest BCUT2D eigenvalue weighted by molar-refractivity contribution is 9.10. The van der Waals surface area contributed by atoms with Gasteiger partial charge in [0.1, 0.15) is 5.58 Å². The standard InChI is InChI=1S/C26H20BrNO3S/c1-32-19-10-7-17(8-11-19)23-22-24(29)20-15-18(27)9-12-21(20)31-25(22)26(30)28(23)14-13-16-5-3-2-4-6-16/h2-12,15,23H,13-14H2,1H3. The first-order valence-electron chi connectivity index (χ1n) is 10.3. The van der Waals surface area contributed by atoms with Crippen molar-refractivity contribution in [2.45, 2.75) is 17.4 Å². The summed E-state index contributed by atoms with van der Waals surface area (Å²) in [5.41, 5.74) is 2.74. The van der Waals surface area contributed by atoms with Crippen molar-refractivity contribution in [1.82, 2.24) is 4.90 Å². The third kappa shape index (κ3) is 3.67. The normalized spacial score (nSPS) is 15.4. The number of fused-ring (bicyclic) bond motifs is 2. The lowest BCUT2D eigenvalue weighted by Gasteiger charge is -2.25. The quantitative estimate of drug-likeness (QED) is 0.309. The fourth-order valence-electron chi connectivity index (χ4n) is 4.25. The zero-order valence-electron chi connectivity index (χ0n) is 17.4. The molecule has 0 N–H and O–H groups in total. The minimum atomic E-state index is -0.475. The minimum absolute atomic E-state index is 0.150. The lowest BCUT2D eigenvalue weighted by Crippen LogP contribution is -2.31. The van der Waals surface area contributed by atoms with Crippen LogP contribution < -0.4 is 5.43 Å². The van der Waals surface area contributed by atoms with E-state index in [2.05, 4.69) is 15.9 Å². The number of hydrogen-bond acceptors (Lipinski definition) is 4. The number of rotatable bonds is 5. The first-order valence-corrected chi connectivity index (χ1v) is 12.3. The number of halogens is 1. The molecule has 1 aromatic heterocycles. The van der Waals surface area contributed by atoms with Crippen LogP contribution >= 0.6 is 27.7 Å². The van der Waals surface area contributed by atoms with E-state index in [0.717, 1.165) is 20.5 Å². The monoisotopic (exact) mass is 505 g/mol. The maximum atomic E-state index is 13.6. The van der Waals surface area contributed by atoms with Crippen molar-refractivity contribution < 1.29 is 9.21 Å². The van der Waals surface area contributed by atoms with E-state index in [9.17, 15) is 9.59 Å². The van der Waals surface area contributed by atoms with E-state index in [1.54, 1.807) is 28.8 Å². The lowest BCUT2D eigenvalue weighted by molar-refractivity contribution is 0.0730. The zero-order chi connectivity index (χ0) is 22.2. The second kappa shape index (κ2) is 8.60. The number of benzene rings is 3. The maximum absolute atomic E-state index is 13.6. The van der Waals surface area contributed by atoms with Gasteiger partial charge in [-0.15, -0.1) is 11.8 Å². The topological polar surface area (TPSA) is 50.5 Å². The molecule has 0 saturated carbocycles. The molecule has 1 aliphatic heterocycles. The van der Waals surface area contributed by atoms with E-state index in [-0.39, 0.29) is 17.1 Å². The van der Waals surface area contributed by atoms with Gasteiger partial charge >= 0.3 is 0 Å². The summed E-state index contributed by atoms with van der Waals surface area (Å²) in [4.78, 5) is 29.9. The maximum Gasteiger partial charge on any atom is 0.290 e. The molecule has 4 aromatic rings. The van der Waals surface area contributed by atoms with Gasteiger partial charge in [-0.25, -0.2) is 0 Å². The molecule has 5 rings (SSSR count). The van der Waals surface area contributed by atoms with Gasteiger partial charge in [-0.2, -0.15) is 0 Å². The third-order valence-corrected chi connectivity index (χ3v) is 7.08. The minimum Gasteiger partial charge on any atom is -0.450 e. The molecule has 1 atom stereocenters. The van der Waals surface area contributed by atoms with Gasteiger partial charge in [-0.3, -0.25) is 9.59 Å². The van der Waals surface area contributed by atoms with Crippen molar-refractivity contribution in [2.75, 3.05) is 12.8 Å². The predicted molar refractivity (Wildman–Crippen MR) is 131 cm³/mol. The van der Waals surface area contributed by atoms with Crippen molar-refractivity contribution >= 4 is 44.6 Å². The Morgan fingerprint density at radius 3 is 2.47 bits per heavy atom. The molecule has 0 bridgehead atoms. The molecular weight excluding hydrogens is 486 g/mol. The summed E-state index contributed by atoms with van der Waals surface area (Å²) in [7, 11) is 0. The molecule has 1 amide bonds. The van der Waals surface area contributed by atoms with Crippen LogP contribution in [0, 0.1) is 0 Å². The van der Waals surface area contributed by atoms with Gasteiger partial charge in [0.2, 0.25) is 5.76 Å². The van der Waals surface area contributed by atoms with Crippen LogP contribution in [0.2, 0.25) is 0 Å². The Kier molecular flexibility index (Phi) is 5.66. The average Bonchev–Trinajstić information content (AvgIpc) is 3.10. The molecular formula is C26H20BrNO3S.